The molecule has 0 aliphatic carbocycles. The summed E-state index contributed by atoms with van der Waals surface area (Å²) in [6, 6.07) is 10.6. The standard InChI is InChI=1S/C19H19ClN2O4/c20-15-5-4-13(16-3-1-2-8-21-16)11-14(15)17(23)22-12-19(18(24)25)6-9-26-10-7-19/h1-5,8,11H,6-7,9-10,12H2,(H,22,23)(H,24,25). The molecule has 7 heteroatoms. The SMILES string of the molecule is O=C(NCC1(C(=O)O)CCOCC1)c1cc(-c2ccccn2)ccc1Cl. The van der Waals surface area contributed by atoms with Crippen LogP contribution in [0.25, 0.3) is 11.3 Å². The van der Waals surface area contributed by atoms with Crippen LogP contribution in [0.5, 0.6) is 0 Å². The normalized spacial score (nSPS) is 16.0. The van der Waals surface area contributed by atoms with E-state index in [-0.39, 0.29) is 6.54 Å². The maximum absolute atomic E-state index is 12.6. The smallest absolute Gasteiger partial charge is 0.311 e. The van der Waals surface area contributed by atoms with E-state index in [2.05, 4.69) is 10.3 Å². The van der Waals surface area contributed by atoms with Gasteiger partial charge in [-0.1, -0.05) is 23.7 Å². The Morgan fingerprint density at radius 2 is 2.00 bits per heavy atom. The number of halogens is 1. The molecule has 1 fully saturated rings. The molecule has 2 heterocycles. The Labute approximate surface area is 156 Å². The van der Waals surface area contributed by atoms with E-state index in [1.807, 2.05) is 18.2 Å². The number of carbonyl (C=O) groups excluding carboxylic acids is 1. The molecule has 3 rings (SSSR count). The Morgan fingerprint density at radius 1 is 1.23 bits per heavy atom. The summed E-state index contributed by atoms with van der Waals surface area (Å²) in [6.07, 6.45) is 2.40. The van der Waals surface area contributed by atoms with Crippen LogP contribution in [0.2, 0.25) is 5.02 Å². The number of amides is 1. The third-order valence-corrected chi connectivity index (χ3v) is 4.99. The molecule has 0 radical (unpaired) electrons. The number of pyridine rings is 1. The largest absolute Gasteiger partial charge is 0.481 e. The van der Waals surface area contributed by atoms with Gasteiger partial charge in [0.1, 0.15) is 0 Å². The lowest BCUT2D eigenvalue weighted by atomic mass is 9.80. The van der Waals surface area contributed by atoms with Gasteiger partial charge in [-0.25, -0.2) is 0 Å². The number of hydrogen-bond donors (Lipinski definition) is 2. The van der Waals surface area contributed by atoms with Gasteiger partial charge in [0.25, 0.3) is 5.91 Å². The Kier molecular flexibility index (Phi) is 5.54. The number of benzene rings is 1. The van der Waals surface area contributed by atoms with E-state index in [1.54, 1.807) is 24.4 Å². The lowest BCUT2D eigenvalue weighted by Crippen LogP contribution is -2.46. The maximum atomic E-state index is 12.6. The van der Waals surface area contributed by atoms with E-state index in [0.29, 0.717) is 36.6 Å². The van der Waals surface area contributed by atoms with Crippen molar-refractivity contribution in [2.75, 3.05) is 19.8 Å². The summed E-state index contributed by atoms with van der Waals surface area (Å²) in [5, 5.41) is 12.6. The summed E-state index contributed by atoms with van der Waals surface area (Å²) in [5.74, 6) is -1.32. The highest BCUT2D eigenvalue weighted by molar-refractivity contribution is 6.34. The van der Waals surface area contributed by atoms with Gasteiger partial charge < -0.3 is 15.2 Å². The zero-order chi connectivity index (χ0) is 18.6. The molecule has 1 saturated heterocycles. The number of hydrogen-bond acceptors (Lipinski definition) is 4. The van der Waals surface area contributed by atoms with Crippen molar-refractivity contribution in [1.29, 1.82) is 0 Å². The summed E-state index contributed by atoms with van der Waals surface area (Å²) in [5.41, 5.74) is 0.783. The number of ether oxygens (including phenoxy) is 1. The van der Waals surface area contributed by atoms with Crippen LogP contribution in [0.15, 0.2) is 42.6 Å². The monoisotopic (exact) mass is 374 g/mol. The highest BCUT2D eigenvalue weighted by atomic mass is 35.5. The van der Waals surface area contributed by atoms with Gasteiger partial charge in [-0.3, -0.25) is 14.6 Å². The van der Waals surface area contributed by atoms with Crippen LogP contribution >= 0.6 is 11.6 Å². The lowest BCUT2D eigenvalue weighted by molar-refractivity contribution is -0.154. The van der Waals surface area contributed by atoms with Crippen LogP contribution in [-0.4, -0.2) is 41.7 Å². The molecule has 1 aromatic carbocycles. The van der Waals surface area contributed by atoms with Crippen molar-refractivity contribution >= 4 is 23.5 Å². The fourth-order valence-electron chi connectivity index (χ4n) is 2.97. The summed E-state index contributed by atoms with van der Waals surface area (Å²) < 4.78 is 5.25. The van der Waals surface area contributed by atoms with Gasteiger partial charge in [-0.15, -0.1) is 0 Å². The van der Waals surface area contributed by atoms with Crippen molar-refractivity contribution in [3.8, 4) is 11.3 Å². The van der Waals surface area contributed by atoms with Crippen molar-refractivity contribution in [2.45, 2.75) is 12.8 Å². The summed E-state index contributed by atoms with van der Waals surface area (Å²) >= 11 is 6.18. The van der Waals surface area contributed by atoms with Gasteiger partial charge in [0, 0.05) is 31.5 Å². The molecule has 0 bridgehead atoms. The molecule has 1 aliphatic rings. The molecule has 1 aromatic heterocycles. The number of nitrogens with one attached hydrogen (secondary N) is 1. The minimum Gasteiger partial charge on any atom is -0.481 e. The minimum atomic E-state index is -1.00. The average Bonchev–Trinajstić information content (AvgIpc) is 2.68. The van der Waals surface area contributed by atoms with E-state index in [1.165, 1.54) is 0 Å². The third kappa shape index (κ3) is 3.86. The van der Waals surface area contributed by atoms with Crippen LogP contribution < -0.4 is 5.32 Å². The van der Waals surface area contributed by atoms with Crippen LogP contribution in [0.3, 0.4) is 0 Å². The van der Waals surface area contributed by atoms with Gasteiger partial charge in [0.05, 0.1) is 21.7 Å². The van der Waals surface area contributed by atoms with E-state index < -0.39 is 17.3 Å². The Morgan fingerprint density at radius 3 is 2.65 bits per heavy atom. The highest BCUT2D eigenvalue weighted by Gasteiger charge is 2.40. The second-order valence-corrected chi connectivity index (χ2v) is 6.70. The van der Waals surface area contributed by atoms with E-state index in [4.69, 9.17) is 16.3 Å². The van der Waals surface area contributed by atoms with Gasteiger partial charge in [-0.2, -0.15) is 0 Å². The average molecular weight is 375 g/mol. The molecule has 26 heavy (non-hydrogen) atoms. The third-order valence-electron chi connectivity index (χ3n) is 4.66. The molecule has 0 saturated carbocycles. The number of aromatic nitrogens is 1. The van der Waals surface area contributed by atoms with Crippen molar-refractivity contribution in [3.63, 3.8) is 0 Å². The van der Waals surface area contributed by atoms with Gasteiger partial charge in [0.2, 0.25) is 0 Å². The summed E-state index contributed by atoms with van der Waals surface area (Å²) in [6.45, 7) is 0.783. The molecule has 1 aliphatic heterocycles. The lowest BCUT2D eigenvalue weighted by Gasteiger charge is -2.33. The Balaban J connectivity index is 1.78. The molecule has 0 atom stereocenters. The first-order valence-electron chi connectivity index (χ1n) is 8.32. The van der Waals surface area contributed by atoms with Gasteiger partial charge >= 0.3 is 5.97 Å². The quantitative estimate of drug-likeness (QED) is 0.839. The van der Waals surface area contributed by atoms with Crippen LogP contribution in [0, 0.1) is 5.41 Å². The van der Waals surface area contributed by atoms with Gasteiger partial charge in [-0.05, 0) is 37.1 Å². The first-order valence-corrected chi connectivity index (χ1v) is 8.70. The fraction of sp³-hybridized carbons (Fsp3) is 0.316. The molecule has 6 nitrogen and oxygen atoms in total. The minimum absolute atomic E-state index is 0.0364. The van der Waals surface area contributed by atoms with Crippen LogP contribution in [0.1, 0.15) is 23.2 Å². The summed E-state index contributed by atoms with van der Waals surface area (Å²) in [4.78, 5) is 28.6. The second-order valence-electron chi connectivity index (χ2n) is 6.29. The molecule has 2 aromatic rings. The zero-order valence-electron chi connectivity index (χ0n) is 14.1. The predicted molar refractivity (Wildman–Crippen MR) is 97.1 cm³/mol. The number of carboxylic acids is 1. The molecule has 0 spiro atoms. The van der Waals surface area contributed by atoms with E-state index in [9.17, 15) is 14.7 Å². The molecule has 0 unspecified atom stereocenters. The van der Waals surface area contributed by atoms with Gasteiger partial charge in [0.15, 0.2) is 0 Å². The van der Waals surface area contributed by atoms with E-state index >= 15 is 0 Å². The molecule has 1 amide bonds. The Bertz CT molecular complexity index is 804. The number of rotatable bonds is 5. The first kappa shape index (κ1) is 18.4. The van der Waals surface area contributed by atoms with Crippen molar-refractivity contribution in [3.05, 3.63) is 53.2 Å². The number of carbonyl (C=O) groups is 2. The molecule has 2 N–H and O–H groups in total. The molecular formula is C19H19ClN2O4. The predicted octanol–water partition coefficient (Wildman–Crippen LogP) is 3.01. The zero-order valence-corrected chi connectivity index (χ0v) is 14.8. The van der Waals surface area contributed by atoms with E-state index in [0.717, 1.165) is 11.3 Å². The van der Waals surface area contributed by atoms with Crippen molar-refractivity contribution in [1.82, 2.24) is 10.3 Å². The topological polar surface area (TPSA) is 88.5 Å². The van der Waals surface area contributed by atoms with Crippen molar-refractivity contribution in [2.24, 2.45) is 5.41 Å². The Hall–Kier alpha value is -2.44. The van der Waals surface area contributed by atoms with Crippen LogP contribution in [-0.2, 0) is 9.53 Å². The first-order chi connectivity index (χ1) is 12.5. The van der Waals surface area contributed by atoms with Crippen molar-refractivity contribution < 1.29 is 19.4 Å². The highest BCUT2D eigenvalue weighted by Crippen LogP contribution is 2.30. The number of nitrogens with zero attached hydrogens (tertiary/aromatic N) is 1. The maximum Gasteiger partial charge on any atom is 0.311 e. The molecule has 136 valence electrons. The van der Waals surface area contributed by atoms with Crippen LogP contribution in [0.4, 0.5) is 0 Å². The number of carboxylic acid groups (broad SMARTS) is 1. The number of aliphatic carboxylic acids is 1. The fourth-order valence-corrected chi connectivity index (χ4v) is 3.17. The summed E-state index contributed by atoms with van der Waals surface area (Å²) in [7, 11) is 0. The molecular weight excluding hydrogens is 356 g/mol. The second kappa shape index (κ2) is 7.85.